The minimum Gasteiger partial charge on any atom is -0.356 e. The van der Waals surface area contributed by atoms with Crippen molar-refractivity contribution in [1.29, 1.82) is 0 Å². The van der Waals surface area contributed by atoms with Gasteiger partial charge in [-0.15, -0.1) is 11.3 Å². The van der Waals surface area contributed by atoms with Crippen molar-refractivity contribution in [1.82, 2.24) is 15.0 Å². The third-order valence-corrected chi connectivity index (χ3v) is 6.06. The Labute approximate surface area is 161 Å². The fourth-order valence-corrected chi connectivity index (χ4v) is 4.10. The summed E-state index contributed by atoms with van der Waals surface area (Å²) in [6.45, 7) is 4.78. The highest BCUT2D eigenvalue weighted by atomic mass is 32.1. The Morgan fingerprint density at radius 3 is 2.63 bits per heavy atom. The van der Waals surface area contributed by atoms with E-state index < -0.39 is 0 Å². The van der Waals surface area contributed by atoms with Gasteiger partial charge in [-0.05, 0) is 57.3 Å². The molecule has 0 aliphatic heterocycles. The van der Waals surface area contributed by atoms with Crippen LogP contribution >= 0.6 is 11.3 Å². The molecule has 2 aromatic heterocycles. The number of halogens is 1. The van der Waals surface area contributed by atoms with E-state index in [1.807, 2.05) is 25.1 Å². The lowest BCUT2D eigenvalue weighted by Crippen LogP contribution is -2.22. The Morgan fingerprint density at radius 1 is 1.15 bits per heavy atom. The highest BCUT2D eigenvalue weighted by Gasteiger charge is 2.20. The molecule has 2 heterocycles. The molecular weight excluding hydrogens is 361 g/mol. The van der Waals surface area contributed by atoms with Gasteiger partial charge >= 0.3 is 0 Å². The molecular formula is C21H20FN3OS. The van der Waals surface area contributed by atoms with Crippen molar-refractivity contribution >= 4 is 21.6 Å². The average molecular weight is 381 g/mol. The number of aromatic nitrogens is 2. The summed E-state index contributed by atoms with van der Waals surface area (Å²) < 4.78 is 19.9. The monoisotopic (exact) mass is 381 g/mol. The van der Waals surface area contributed by atoms with Gasteiger partial charge < -0.3 is 4.52 Å². The summed E-state index contributed by atoms with van der Waals surface area (Å²) in [6.07, 6.45) is 0. The normalized spacial score (nSPS) is 12.8. The van der Waals surface area contributed by atoms with E-state index in [4.69, 9.17) is 9.51 Å². The van der Waals surface area contributed by atoms with Crippen LogP contribution in [0, 0.1) is 12.7 Å². The summed E-state index contributed by atoms with van der Waals surface area (Å²) in [5.41, 5.74) is 3.72. The molecule has 0 amide bonds. The Hall–Kier alpha value is -2.57. The lowest BCUT2D eigenvalue weighted by molar-refractivity contribution is 0.244. The quantitative estimate of drug-likeness (QED) is 0.452. The number of nitrogens with zero attached hydrogens (tertiary/aromatic N) is 3. The smallest absolute Gasteiger partial charge is 0.170 e. The molecule has 0 spiro atoms. The van der Waals surface area contributed by atoms with E-state index in [2.05, 4.69) is 30.1 Å². The predicted molar refractivity (Wildman–Crippen MR) is 106 cm³/mol. The van der Waals surface area contributed by atoms with Crippen molar-refractivity contribution in [3.63, 3.8) is 0 Å². The van der Waals surface area contributed by atoms with E-state index in [-0.39, 0.29) is 11.9 Å². The van der Waals surface area contributed by atoms with Crippen LogP contribution in [0.15, 0.2) is 53.1 Å². The molecule has 6 heteroatoms. The maximum Gasteiger partial charge on any atom is 0.170 e. The summed E-state index contributed by atoms with van der Waals surface area (Å²) >= 11 is 1.72. The molecule has 0 saturated heterocycles. The Balaban J connectivity index is 1.54. The molecule has 0 radical (unpaired) electrons. The van der Waals surface area contributed by atoms with E-state index in [9.17, 15) is 4.39 Å². The van der Waals surface area contributed by atoms with Crippen LogP contribution in [0.5, 0.6) is 0 Å². The maximum absolute atomic E-state index is 13.1. The number of benzene rings is 2. The van der Waals surface area contributed by atoms with Crippen LogP contribution in [0.2, 0.25) is 0 Å². The van der Waals surface area contributed by atoms with Gasteiger partial charge in [0.15, 0.2) is 5.76 Å². The first kappa shape index (κ1) is 17.8. The van der Waals surface area contributed by atoms with E-state index in [1.165, 1.54) is 16.8 Å². The van der Waals surface area contributed by atoms with Gasteiger partial charge in [-0.1, -0.05) is 17.3 Å². The standard InChI is InChI=1S/C21H20FN3OS/c1-13-18(24-26-20(13)15-8-10-16(22)11-9-15)12-25(3)14(2)21-23-17-6-4-5-7-19(17)27-21/h4-11,14H,12H2,1-3H3/t14-/m0/s1. The van der Waals surface area contributed by atoms with Crippen LogP contribution in [0.1, 0.15) is 29.2 Å². The topological polar surface area (TPSA) is 42.2 Å². The van der Waals surface area contributed by atoms with Crippen LogP contribution < -0.4 is 0 Å². The van der Waals surface area contributed by atoms with Crippen LogP contribution in [-0.2, 0) is 6.54 Å². The lowest BCUT2D eigenvalue weighted by Gasteiger charge is -2.21. The molecule has 0 aliphatic carbocycles. The fraction of sp³-hybridized carbons (Fsp3) is 0.238. The van der Waals surface area contributed by atoms with Crippen molar-refractivity contribution in [2.75, 3.05) is 7.05 Å². The second kappa shape index (κ2) is 7.21. The van der Waals surface area contributed by atoms with Gasteiger partial charge in [-0.25, -0.2) is 9.37 Å². The number of para-hydroxylation sites is 1. The molecule has 1 atom stereocenters. The zero-order chi connectivity index (χ0) is 19.0. The van der Waals surface area contributed by atoms with Crippen molar-refractivity contribution < 1.29 is 8.91 Å². The molecule has 2 aromatic carbocycles. The first-order valence-corrected chi connectivity index (χ1v) is 9.61. The molecule has 4 aromatic rings. The van der Waals surface area contributed by atoms with Crippen LogP contribution in [0.25, 0.3) is 21.5 Å². The number of thiazole rings is 1. The van der Waals surface area contributed by atoms with Gasteiger partial charge in [-0.3, -0.25) is 4.90 Å². The molecule has 0 unspecified atom stereocenters. The number of fused-ring (bicyclic) bond motifs is 1. The van der Waals surface area contributed by atoms with Crippen LogP contribution in [0.3, 0.4) is 0 Å². The summed E-state index contributed by atoms with van der Waals surface area (Å²) in [4.78, 5) is 6.96. The second-order valence-corrected chi connectivity index (χ2v) is 7.76. The molecule has 0 N–H and O–H groups in total. The van der Waals surface area contributed by atoms with E-state index in [0.29, 0.717) is 12.3 Å². The molecule has 0 saturated carbocycles. The van der Waals surface area contributed by atoms with Crippen molar-refractivity contribution in [3.8, 4) is 11.3 Å². The molecule has 0 bridgehead atoms. The second-order valence-electron chi connectivity index (χ2n) is 6.70. The number of hydrogen-bond acceptors (Lipinski definition) is 5. The molecule has 0 aliphatic rings. The Bertz CT molecular complexity index is 1040. The molecule has 4 nitrogen and oxygen atoms in total. The molecule has 4 rings (SSSR count). The highest BCUT2D eigenvalue weighted by molar-refractivity contribution is 7.18. The van der Waals surface area contributed by atoms with Gasteiger partial charge in [0.05, 0.1) is 16.3 Å². The lowest BCUT2D eigenvalue weighted by atomic mass is 10.1. The zero-order valence-corrected chi connectivity index (χ0v) is 16.3. The predicted octanol–water partition coefficient (Wildman–Crippen LogP) is 5.59. The first-order chi connectivity index (χ1) is 13.0. The minimum absolute atomic E-state index is 0.160. The van der Waals surface area contributed by atoms with E-state index in [0.717, 1.165) is 27.3 Å². The third kappa shape index (κ3) is 3.50. The zero-order valence-electron chi connectivity index (χ0n) is 15.4. The molecule has 0 fully saturated rings. The maximum atomic E-state index is 13.1. The Kier molecular flexibility index (Phi) is 4.76. The Morgan fingerprint density at radius 2 is 1.89 bits per heavy atom. The van der Waals surface area contributed by atoms with Crippen LogP contribution in [-0.4, -0.2) is 22.1 Å². The van der Waals surface area contributed by atoms with Gasteiger partial charge in [0.1, 0.15) is 16.5 Å². The first-order valence-electron chi connectivity index (χ1n) is 8.79. The largest absolute Gasteiger partial charge is 0.356 e. The van der Waals surface area contributed by atoms with Gasteiger partial charge in [-0.2, -0.15) is 0 Å². The SMILES string of the molecule is Cc1c(CN(C)[C@@H](C)c2nc3ccccc3s2)noc1-c1ccc(F)cc1. The molecule has 27 heavy (non-hydrogen) atoms. The fourth-order valence-electron chi connectivity index (χ4n) is 3.02. The van der Waals surface area contributed by atoms with Gasteiger partial charge in [0, 0.05) is 17.7 Å². The van der Waals surface area contributed by atoms with Gasteiger partial charge in [0.25, 0.3) is 0 Å². The highest BCUT2D eigenvalue weighted by Crippen LogP contribution is 2.31. The van der Waals surface area contributed by atoms with E-state index >= 15 is 0 Å². The summed E-state index contributed by atoms with van der Waals surface area (Å²) in [5.74, 6) is 0.423. The summed E-state index contributed by atoms with van der Waals surface area (Å²) in [6, 6.07) is 14.6. The van der Waals surface area contributed by atoms with Crippen molar-refractivity contribution in [2.24, 2.45) is 0 Å². The summed E-state index contributed by atoms with van der Waals surface area (Å²) in [7, 11) is 2.06. The van der Waals surface area contributed by atoms with Crippen molar-refractivity contribution in [2.45, 2.75) is 26.4 Å². The molecule has 138 valence electrons. The van der Waals surface area contributed by atoms with Gasteiger partial charge in [0.2, 0.25) is 0 Å². The van der Waals surface area contributed by atoms with Crippen molar-refractivity contribution in [3.05, 3.63) is 70.6 Å². The minimum atomic E-state index is -0.263. The number of hydrogen-bond donors (Lipinski definition) is 0. The average Bonchev–Trinajstić information content (AvgIpc) is 3.26. The summed E-state index contributed by atoms with van der Waals surface area (Å²) in [5, 5.41) is 5.33. The third-order valence-electron chi connectivity index (χ3n) is 4.86. The number of rotatable bonds is 5. The van der Waals surface area contributed by atoms with E-state index in [1.54, 1.807) is 23.5 Å². The van der Waals surface area contributed by atoms with Crippen LogP contribution in [0.4, 0.5) is 4.39 Å².